The van der Waals surface area contributed by atoms with Gasteiger partial charge < -0.3 is 14.7 Å². The molecule has 1 aliphatic rings. The molecule has 1 aromatic carbocycles. The molecule has 0 aromatic heterocycles. The van der Waals surface area contributed by atoms with Gasteiger partial charge in [-0.15, -0.1) is 0 Å². The number of hydrogen-bond acceptors (Lipinski definition) is 3. The van der Waals surface area contributed by atoms with Gasteiger partial charge in [0.2, 0.25) is 5.91 Å². The average molecular weight is 235 g/mol. The number of carbonyl (C=O) groups excluding carboxylic acids is 1. The summed E-state index contributed by atoms with van der Waals surface area (Å²) in [4.78, 5) is 13.6. The van der Waals surface area contributed by atoms with Gasteiger partial charge in [0.25, 0.3) is 0 Å². The van der Waals surface area contributed by atoms with Crippen molar-refractivity contribution in [2.45, 2.75) is 25.6 Å². The van der Waals surface area contributed by atoms with Gasteiger partial charge in [0.15, 0.2) is 0 Å². The molecule has 92 valence electrons. The molecule has 2 atom stereocenters. The van der Waals surface area contributed by atoms with E-state index in [1.807, 2.05) is 37.3 Å². The number of rotatable bonds is 3. The summed E-state index contributed by atoms with van der Waals surface area (Å²) in [6.07, 6.45) is -0.281. The van der Waals surface area contributed by atoms with Crippen LogP contribution in [0.4, 0.5) is 0 Å². The third kappa shape index (κ3) is 2.65. The highest BCUT2D eigenvalue weighted by Crippen LogP contribution is 2.17. The molecule has 1 fully saturated rings. The molecule has 0 bridgehead atoms. The molecule has 1 amide bonds. The van der Waals surface area contributed by atoms with E-state index in [1.54, 1.807) is 4.90 Å². The molecule has 0 saturated carbocycles. The van der Waals surface area contributed by atoms with Gasteiger partial charge >= 0.3 is 0 Å². The van der Waals surface area contributed by atoms with Crippen molar-refractivity contribution in [3.63, 3.8) is 0 Å². The van der Waals surface area contributed by atoms with E-state index in [0.717, 1.165) is 5.56 Å². The van der Waals surface area contributed by atoms with Crippen LogP contribution in [0, 0.1) is 0 Å². The maximum atomic E-state index is 11.8. The van der Waals surface area contributed by atoms with Crippen molar-refractivity contribution in [2.24, 2.45) is 0 Å². The predicted octanol–water partition coefficient (Wildman–Crippen LogP) is 0.795. The third-order valence-corrected chi connectivity index (χ3v) is 3.15. The highest BCUT2D eigenvalue weighted by molar-refractivity contribution is 5.78. The van der Waals surface area contributed by atoms with E-state index >= 15 is 0 Å². The topological polar surface area (TPSA) is 49.8 Å². The Bertz CT molecular complexity index is 380. The van der Waals surface area contributed by atoms with Crippen LogP contribution < -0.4 is 0 Å². The molecule has 4 heteroatoms. The maximum absolute atomic E-state index is 11.8. The minimum absolute atomic E-state index is 0.0222. The third-order valence-electron chi connectivity index (χ3n) is 3.15. The summed E-state index contributed by atoms with van der Waals surface area (Å²) in [5, 5.41) is 9.17. The first-order chi connectivity index (χ1) is 8.22. The van der Waals surface area contributed by atoms with Gasteiger partial charge in [0, 0.05) is 6.54 Å². The van der Waals surface area contributed by atoms with Crippen LogP contribution in [-0.2, 0) is 16.1 Å². The number of amides is 1. The number of aliphatic hydroxyl groups excluding tert-OH is 1. The quantitative estimate of drug-likeness (QED) is 0.843. The lowest BCUT2D eigenvalue weighted by Crippen LogP contribution is -2.53. The van der Waals surface area contributed by atoms with Crippen molar-refractivity contribution in [2.75, 3.05) is 13.2 Å². The van der Waals surface area contributed by atoms with Gasteiger partial charge in [-0.25, -0.2) is 0 Å². The average Bonchev–Trinajstić information content (AvgIpc) is 2.36. The van der Waals surface area contributed by atoms with Gasteiger partial charge in [-0.05, 0) is 12.5 Å². The molecule has 1 aromatic rings. The van der Waals surface area contributed by atoms with Gasteiger partial charge in [-0.2, -0.15) is 0 Å². The highest BCUT2D eigenvalue weighted by atomic mass is 16.5. The standard InChI is InChI=1S/C13H17NO3/c1-10-12(8-15)17-9-13(16)14(10)7-11-5-3-2-4-6-11/h2-6,10,12,15H,7-9H2,1H3/t10?,12-/m1/s1. The minimum Gasteiger partial charge on any atom is -0.394 e. The summed E-state index contributed by atoms with van der Waals surface area (Å²) in [6, 6.07) is 9.74. The molecule has 1 N–H and O–H groups in total. The zero-order valence-corrected chi connectivity index (χ0v) is 9.87. The van der Waals surface area contributed by atoms with E-state index in [-0.39, 0.29) is 31.3 Å². The van der Waals surface area contributed by atoms with Gasteiger partial charge in [-0.1, -0.05) is 30.3 Å². The summed E-state index contributed by atoms with van der Waals surface area (Å²) in [5.41, 5.74) is 1.09. The van der Waals surface area contributed by atoms with E-state index in [4.69, 9.17) is 9.84 Å². The van der Waals surface area contributed by atoms with Crippen LogP contribution in [0.25, 0.3) is 0 Å². The number of morpholine rings is 1. The Morgan fingerprint density at radius 3 is 2.76 bits per heavy atom. The second kappa shape index (κ2) is 5.29. The second-order valence-electron chi connectivity index (χ2n) is 4.28. The molecular formula is C13H17NO3. The van der Waals surface area contributed by atoms with Crippen LogP contribution in [-0.4, -0.2) is 41.3 Å². The number of ether oxygens (including phenoxy) is 1. The minimum atomic E-state index is -0.281. The zero-order chi connectivity index (χ0) is 12.3. The van der Waals surface area contributed by atoms with Crippen LogP contribution in [0.3, 0.4) is 0 Å². The number of nitrogens with zero attached hydrogens (tertiary/aromatic N) is 1. The van der Waals surface area contributed by atoms with Crippen LogP contribution in [0.5, 0.6) is 0 Å². The van der Waals surface area contributed by atoms with Gasteiger partial charge in [-0.3, -0.25) is 4.79 Å². The van der Waals surface area contributed by atoms with E-state index in [2.05, 4.69) is 0 Å². The molecule has 1 saturated heterocycles. The predicted molar refractivity (Wildman–Crippen MR) is 63.3 cm³/mol. The molecule has 1 aliphatic heterocycles. The Morgan fingerprint density at radius 1 is 1.41 bits per heavy atom. The van der Waals surface area contributed by atoms with Crippen LogP contribution in [0.1, 0.15) is 12.5 Å². The number of aliphatic hydroxyl groups is 1. The van der Waals surface area contributed by atoms with Gasteiger partial charge in [0.1, 0.15) is 12.7 Å². The van der Waals surface area contributed by atoms with Crippen molar-refractivity contribution in [1.29, 1.82) is 0 Å². The molecule has 1 unspecified atom stereocenters. The Hall–Kier alpha value is -1.39. The highest BCUT2D eigenvalue weighted by Gasteiger charge is 2.32. The fourth-order valence-corrected chi connectivity index (χ4v) is 2.05. The summed E-state index contributed by atoms with van der Waals surface area (Å²) >= 11 is 0. The van der Waals surface area contributed by atoms with Crippen molar-refractivity contribution in [3.8, 4) is 0 Å². The Labute approximate surface area is 101 Å². The largest absolute Gasteiger partial charge is 0.394 e. The van der Waals surface area contributed by atoms with Gasteiger partial charge in [0.05, 0.1) is 12.6 Å². The Balaban J connectivity index is 2.10. The van der Waals surface area contributed by atoms with E-state index < -0.39 is 0 Å². The number of hydrogen-bond donors (Lipinski definition) is 1. The molecule has 0 aliphatic carbocycles. The zero-order valence-electron chi connectivity index (χ0n) is 9.87. The van der Waals surface area contributed by atoms with Crippen LogP contribution in [0.2, 0.25) is 0 Å². The summed E-state index contributed by atoms with van der Waals surface area (Å²) < 4.78 is 5.28. The first-order valence-electron chi connectivity index (χ1n) is 5.78. The van der Waals surface area contributed by atoms with Crippen LogP contribution >= 0.6 is 0 Å². The monoisotopic (exact) mass is 235 g/mol. The second-order valence-corrected chi connectivity index (χ2v) is 4.28. The Kier molecular flexibility index (Phi) is 3.76. The molecule has 0 radical (unpaired) electrons. The van der Waals surface area contributed by atoms with Crippen molar-refractivity contribution in [1.82, 2.24) is 4.90 Å². The molecular weight excluding hydrogens is 218 g/mol. The van der Waals surface area contributed by atoms with E-state index in [1.165, 1.54) is 0 Å². The Morgan fingerprint density at radius 2 is 2.12 bits per heavy atom. The lowest BCUT2D eigenvalue weighted by atomic mass is 10.1. The first-order valence-corrected chi connectivity index (χ1v) is 5.78. The summed E-state index contributed by atoms with van der Waals surface area (Å²) in [7, 11) is 0. The van der Waals surface area contributed by atoms with E-state index in [9.17, 15) is 4.79 Å². The summed E-state index contributed by atoms with van der Waals surface area (Å²) in [6.45, 7) is 2.48. The number of benzene rings is 1. The molecule has 1 heterocycles. The molecule has 0 spiro atoms. The van der Waals surface area contributed by atoms with Crippen molar-refractivity contribution < 1.29 is 14.6 Å². The number of carbonyl (C=O) groups is 1. The fraction of sp³-hybridized carbons (Fsp3) is 0.462. The molecule has 4 nitrogen and oxygen atoms in total. The summed E-state index contributed by atoms with van der Waals surface area (Å²) in [5.74, 6) is -0.0222. The van der Waals surface area contributed by atoms with Crippen molar-refractivity contribution >= 4 is 5.91 Å². The first kappa shape index (κ1) is 12.1. The lowest BCUT2D eigenvalue weighted by Gasteiger charge is -2.38. The van der Waals surface area contributed by atoms with E-state index in [0.29, 0.717) is 6.54 Å². The van der Waals surface area contributed by atoms with Crippen molar-refractivity contribution in [3.05, 3.63) is 35.9 Å². The smallest absolute Gasteiger partial charge is 0.249 e. The molecule has 2 rings (SSSR count). The SMILES string of the molecule is CC1[C@@H](CO)OCC(=O)N1Cc1ccccc1. The fourth-order valence-electron chi connectivity index (χ4n) is 2.05. The van der Waals surface area contributed by atoms with Crippen LogP contribution in [0.15, 0.2) is 30.3 Å². The normalized spacial score (nSPS) is 25.1. The lowest BCUT2D eigenvalue weighted by molar-refractivity contribution is -0.159. The molecule has 17 heavy (non-hydrogen) atoms. The maximum Gasteiger partial charge on any atom is 0.249 e.